The number of ketones is 1. The van der Waals surface area contributed by atoms with E-state index in [1.165, 1.54) is 5.56 Å². The summed E-state index contributed by atoms with van der Waals surface area (Å²) >= 11 is 0. The Hall–Kier alpha value is -2.09. The SMILES string of the molecule is O=C(COc1ccccc1)C1CC1c1ccccc1. The monoisotopic (exact) mass is 252 g/mol. The summed E-state index contributed by atoms with van der Waals surface area (Å²) in [6.07, 6.45) is 0.959. The van der Waals surface area contributed by atoms with Gasteiger partial charge in [0.25, 0.3) is 0 Å². The number of para-hydroxylation sites is 1. The van der Waals surface area contributed by atoms with Gasteiger partial charge in [0.05, 0.1) is 0 Å². The fraction of sp³-hybridized carbons (Fsp3) is 0.235. The van der Waals surface area contributed by atoms with Gasteiger partial charge in [-0.05, 0) is 30.0 Å². The molecule has 0 amide bonds. The zero-order chi connectivity index (χ0) is 13.1. The molecule has 0 N–H and O–H groups in total. The molecule has 1 aliphatic carbocycles. The molecule has 1 aliphatic rings. The molecular weight excluding hydrogens is 236 g/mol. The van der Waals surface area contributed by atoms with E-state index in [0.717, 1.165) is 12.2 Å². The summed E-state index contributed by atoms with van der Waals surface area (Å²) in [5.41, 5.74) is 1.26. The molecule has 0 spiro atoms. The van der Waals surface area contributed by atoms with Crippen LogP contribution in [0.1, 0.15) is 17.9 Å². The molecule has 0 radical (unpaired) electrons. The summed E-state index contributed by atoms with van der Waals surface area (Å²) in [5, 5.41) is 0. The van der Waals surface area contributed by atoms with Crippen molar-refractivity contribution < 1.29 is 9.53 Å². The van der Waals surface area contributed by atoms with Crippen LogP contribution in [0, 0.1) is 5.92 Å². The number of Topliss-reactive ketones (excluding diaryl/α,β-unsaturated/α-hetero) is 1. The molecule has 1 fully saturated rings. The third kappa shape index (κ3) is 2.84. The van der Waals surface area contributed by atoms with Crippen LogP contribution in [0.5, 0.6) is 5.75 Å². The third-order valence-corrected chi connectivity index (χ3v) is 3.56. The molecule has 2 aromatic rings. The van der Waals surface area contributed by atoms with E-state index >= 15 is 0 Å². The molecule has 96 valence electrons. The highest BCUT2D eigenvalue weighted by Gasteiger charge is 2.43. The first-order valence-corrected chi connectivity index (χ1v) is 6.60. The summed E-state index contributed by atoms with van der Waals surface area (Å²) in [4.78, 5) is 12.0. The number of hydrogen-bond donors (Lipinski definition) is 0. The van der Waals surface area contributed by atoms with Crippen LogP contribution in [0.3, 0.4) is 0 Å². The van der Waals surface area contributed by atoms with Crippen molar-refractivity contribution in [3.05, 3.63) is 66.2 Å². The van der Waals surface area contributed by atoms with E-state index in [-0.39, 0.29) is 18.3 Å². The van der Waals surface area contributed by atoms with Crippen molar-refractivity contribution in [1.29, 1.82) is 0 Å². The minimum absolute atomic E-state index is 0.145. The van der Waals surface area contributed by atoms with Crippen LogP contribution in [-0.2, 0) is 4.79 Å². The number of carbonyl (C=O) groups excluding carboxylic acids is 1. The number of hydrogen-bond acceptors (Lipinski definition) is 2. The van der Waals surface area contributed by atoms with Crippen molar-refractivity contribution in [3.63, 3.8) is 0 Å². The Morgan fingerprint density at radius 3 is 2.32 bits per heavy atom. The van der Waals surface area contributed by atoms with Gasteiger partial charge in [0.1, 0.15) is 12.4 Å². The highest BCUT2D eigenvalue weighted by Crippen LogP contribution is 2.47. The predicted octanol–water partition coefficient (Wildman–Crippen LogP) is 3.44. The Morgan fingerprint density at radius 1 is 1.00 bits per heavy atom. The third-order valence-electron chi connectivity index (χ3n) is 3.56. The molecular formula is C17H16O2. The average molecular weight is 252 g/mol. The van der Waals surface area contributed by atoms with E-state index in [9.17, 15) is 4.79 Å². The van der Waals surface area contributed by atoms with Crippen molar-refractivity contribution >= 4 is 5.78 Å². The Morgan fingerprint density at radius 2 is 1.63 bits per heavy atom. The van der Waals surface area contributed by atoms with Crippen LogP contribution in [-0.4, -0.2) is 12.4 Å². The summed E-state index contributed by atoms with van der Waals surface area (Å²) in [7, 11) is 0. The van der Waals surface area contributed by atoms with Crippen LogP contribution >= 0.6 is 0 Å². The van der Waals surface area contributed by atoms with Crippen molar-refractivity contribution in [3.8, 4) is 5.75 Å². The highest BCUT2D eigenvalue weighted by atomic mass is 16.5. The van der Waals surface area contributed by atoms with Gasteiger partial charge in [-0.2, -0.15) is 0 Å². The molecule has 0 bridgehead atoms. The van der Waals surface area contributed by atoms with Gasteiger partial charge in [-0.3, -0.25) is 4.79 Å². The molecule has 2 heteroatoms. The first-order valence-electron chi connectivity index (χ1n) is 6.60. The average Bonchev–Trinajstić information content (AvgIpc) is 3.27. The molecule has 0 saturated heterocycles. The fourth-order valence-electron chi connectivity index (χ4n) is 2.40. The minimum Gasteiger partial charge on any atom is -0.486 e. The lowest BCUT2D eigenvalue weighted by molar-refractivity contribution is -0.122. The van der Waals surface area contributed by atoms with E-state index < -0.39 is 0 Å². The second-order valence-corrected chi connectivity index (χ2v) is 4.93. The van der Waals surface area contributed by atoms with Crippen molar-refractivity contribution in [2.45, 2.75) is 12.3 Å². The van der Waals surface area contributed by atoms with Gasteiger partial charge in [-0.1, -0.05) is 48.5 Å². The maximum Gasteiger partial charge on any atom is 0.173 e. The van der Waals surface area contributed by atoms with E-state index in [1.54, 1.807) is 0 Å². The van der Waals surface area contributed by atoms with Crippen molar-refractivity contribution in [1.82, 2.24) is 0 Å². The summed E-state index contributed by atoms with van der Waals surface area (Å²) in [6.45, 7) is 0.179. The van der Waals surface area contributed by atoms with Gasteiger partial charge in [0.15, 0.2) is 5.78 Å². The molecule has 2 atom stereocenters. The first-order chi connectivity index (χ1) is 9.34. The van der Waals surface area contributed by atoms with Crippen LogP contribution in [0.15, 0.2) is 60.7 Å². The van der Waals surface area contributed by atoms with Gasteiger partial charge in [0.2, 0.25) is 0 Å². The summed E-state index contributed by atoms with van der Waals surface area (Å²) in [6, 6.07) is 19.7. The molecule has 0 aromatic heterocycles. The molecule has 3 rings (SSSR count). The van der Waals surface area contributed by atoms with E-state index in [1.807, 2.05) is 48.5 Å². The predicted molar refractivity (Wildman–Crippen MR) is 74.2 cm³/mol. The maximum absolute atomic E-state index is 12.0. The molecule has 2 aromatic carbocycles. The lowest BCUT2D eigenvalue weighted by Crippen LogP contribution is -2.13. The topological polar surface area (TPSA) is 26.3 Å². The summed E-state index contributed by atoms with van der Waals surface area (Å²) < 4.78 is 5.50. The van der Waals surface area contributed by atoms with Crippen molar-refractivity contribution in [2.24, 2.45) is 5.92 Å². The lowest BCUT2D eigenvalue weighted by Gasteiger charge is -2.05. The van der Waals surface area contributed by atoms with Gasteiger partial charge in [-0.25, -0.2) is 0 Å². The maximum atomic E-state index is 12.0. The zero-order valence-corrected chi connectivity index (χ0v) is 10.7. The number of benzene rings is 2. The Labute approximate surface area is 113 Å². The van der Waals surface area contributed by atoms with Gasteiger partial charge < -0.3 is 4.74 Å². The van der Waals surface area contributed by atoms with E-state index in [2.05, 4.69) is 12.1 Å². The molecule has 0 heterocycles. The number of carbonyl (C=O) groups is 1. The zero-order valence-electron chi connectivity index (χ0n) is 10.7. The van der Waals surface area contributed by atoms with E-state index in [0.29, 0.717) is 5.92 Å². The standard InChI is InChI=1S/C17H16O2/c18-17(12-19-14-9-5-2-6-10-14)16-11-15(16)13-7-3-1-4-8-13/h1-10,15-16H,11-12H2. The Bertz CT molecular complexity index is 548. The molecule has 0 aliphatic heterocycles. The van der Waals surface area contributed by atoms with Crippen LogP contribution in [0.2, 0.25) is 0 Å². The van der Waals surface area contributed by atoms with E-state index in [4.69, 9.17) is 4.74 Å². The first kappa shape index (κ1) is 12.0. The molecule has 2 nitrogen and oxygen atoms in total. The molecule has 19 heavy (non-hydrogen) atoms. The van der Waals surface area contributed by atoms with Crippen LogP contribution in [0.4, 0.5) is 0 Å². The smallest absolute Gasteiger partial charge is 0.173 e. The quantitative estimate of drug-likeness (QED) is 0.814. The van der Waals surface area contributed by atoms with Gasteiger partial charge >= 0.3 is 0 Å². The van der Waals surface area contributed by atoms with Crippen molar-refractivity contribution in [2.75, 3.05) is 6.61 Å². The highest BCUT2D eigenvalue weighted by molar-refractivity contribution is 5.86. The number of rotatable bonds is 5. The largest absolute Gasteiger partial charge is 0.486 e. The molecule has 1 saturated carbocycles. The second-order valence-electron chi connectivity index (χ2n) is 4.93. The van der Waals surface area contributed by atoms with Gasteiger partial charge in [-0.15, -0.1) is 0 Å². The van der Waals surface area contributed by atoms with Crippen LogP contribution in [0.25, 0.3) is 0 Å². The van der Waals surface area contributed by atoms with Gasteiger partial charge in [0, 0.05) is 5.92 Å². The lowest BCUT2D eigenvalue weighted by atomic mass is 10.1. The Kier molecular flexibility index (Phi) is 3.32. The second kappa shape index (κ2) is 5.27. The Balaban J connectivity index is 1.53. The fourth-order valence-corrected chi connectivity index (χ4v) is 2.40. The minimum atomic E-state index is 0.145. The summed E-state index contributed by atoms with van der Waals surface area (Å²) in [5.74, 6) is 1.50. The molecule has 2 unspecified atom stereocenters. The normalized spacial score (nSPS) is 20.8. The number of ether oxygens (including phenoxy) is 1. The van der Waals surface area contributed by atoms with Crippen LogP contribution < -0.4 is 4.74 Å².